The number of nitrogens with zero attached hydrogens (tertiary/aromatic N) is 2. The Balaban J connectivity index is 0.989. The maximum atomic E-state index is 6.24. The minimum Gasteiger partial charge on any atom is -0.456 e. The summed E-state index contributed by atoms with van der Waals surface area (Å²) in [5, 5.41) is 4.74. The normalized spacial score (nSPS) is 13.0. The van der Waals surface area contributed by atoms with Crippen molar-refractivity contribution in [1.29, 1.82) is 0 Å². The standard InChI is InChI=1S/C57H40N2O/c1-57(2)51-19-11-9-17-45(51)47-35-49-48-33-40(25-31-53(48)59(54(49)36-52(47)57)41-15-7-4-8-16-41)39-23-28-43(29-24-39)58(42-26-21-38(22-27-42)37-13-5-3-6-14-37)44-30-32-56-50(34-44)46-18-10-12-20-55(46)60-56/h3-36H,1-2H3. The molecule has 60 heavy (non-hydrogen) atoms. The molecule has 3 nitrogen and oxygen atoms in total. The van der Waals surface area contributed by atoms with Crippen molar-refractivity contribution in [3.05, 3.63) is 217 Å². The van der Waals surface area contributed by atoms with E-state index in [1.165, 1.54) is 72.0 Å². The molecule has 0 radical (unpaired) electrons. The highest BCUT2D eigenvalue weighted by atomic mass is 16.3. The summed E-state index contributed by atoms with van der Waals surface area (Å²) in [5.74, 6) is 0. The van der Waals surface area contributed by atoms with Gasteiger partial charge in [0.1, 0.15) is 11.2 Å². The van der Waals surface area contributed by atoms with Crippen LogP contribution in [-0.2, 0) is 5.41 Å². The first kappa shape index (κ1) is 34.4. The maximum Gasteiger partial charge on any atom is 0.135 e. The van der Waals surface area contributed by atoms with Gasteiger partial charge >= 0.3 is 0 Å². The minimum absolute atomic E-state index is 0.0825. The number of hydrogen-bond donors (Lipinski definition) is 0. The first-order valence-electron chi connectivity index (χ1n) is 20.7. The summed E-state index contributed by atoms with van der Waals surface area (Å²) >= 11 is 0. The fourth-order valence-corrected chi connectivity index (χ4v) is 9.79. The van der Waals surface area contributed by atoms with Crippen LogP contribution in [0.2, 0.25) is 0 Å². The molecule has 11 aromatic rings. The molecular formula is C57H40N2O. The highest BCUT2D eigenvalue weighted by Crippen LogP contribution is 2.51. The lowest BCUT2D eigenvalue weighted by Gasteiger charge is -2.26. The van der Waals surface area contributed by atoms with E-state index >= 15 is 0 Å². The molecule has 3 heteroatoms. The zero-order valence-electron chi connectivity index (χ0n) is 33.4. The van der Waals surface area contributed by atoms with E-state index in [1.807, 2.05) is 12.1 Å². The van der Waals surface area contributed by atoms with Gasteiger partial charge in [-0.1, -0.05) is 135 Å². The molecule has 0 N–H and O–H groups in total. The zero-order valence-corrected chi connectivity index (χ0v) is 33.4. The topological polar surface area (TPSA) is 21.3 Å². The number of hydrogen-bond acceptors (Lipinski definition) is 2. The van der Waals surface area contributed by atoms with Gasteiger partial charge in [0.2, 0.25) is 0 Å². The molecule has 0 spiro atoms. The summed E-state index contributed by atoms with van der Waals surface area (Å²) in [7, 11) is 0. The molecule has 9 aromatic carbocycles. The van der Waals surface area contributed by atoms with Gasteiger partial charge in [0, 0.05) is 49.7 Å². The van der Waals surface area contributed by atoms with E-state index in [-0.39, 0.29) is 5.41 Å². The van der Waals surface area contributed by atoms with E-state index in [0.717, 1.165) is 39.0 Å². The quantitative estimate of drug-likeness (QED) is 0.168. The van der Waals surface area contributed by atoms with Crippen LogP contribution >= 0.6 is 0 Å². The van der Waals surface area contributed by atoms with Crippen molar-refractivity contribution in [2.45, 2.75) is 19.3 Å². The van der Waals surface area contributed by atoms with Gasteiger partial charge in [-0.3, -0.25) is 0 Å². The third-order valence-corrected chi connectivity index (χ3v) is 12.8. The molecule has 0 unspecified atom stereocenters. The van der Waals surface area contributed by atoms with E-state index in [0.29, 0.717) is 0 Å². The van der Waals surface area contributed by atoms with Crippen molar-refractivity contribution in [2.75, 3.05) is 4.90 Å². The van der Waals surface area contributed by atoms with E-state index < -0.39 is 0 Å². The number of furan rings is 1. The SMILES string of the molecule is CC1(C)c2ccccc2-c2cc3c4cc(-c5ccc(N(c6ccc(-c7ccccc7)cc6)c6ccc7oc8ccccc8c7c6)cc5)ccc4n(-c4ccccc4)c3cc21. The van der Waals surface area contributed by atoms with Crippen LogP contribution < -0.4 is 4.90 Å². The second-order valence-corrected chi connectivity index (χ2v) is 16.6. The molecule has 0 bridgehead atoms. The molecule has 2 heterocycles. The summed E-state index contributed by atoms with van der Waals surface area (Å²) in [6, 6.07) is 74.9. The molecule has 0 saturated carbocycles. The second kappa shape index (κ2) is 13.2. The number of fused-ring (bicyclic) bond motifs is 9. The molecule has 0 saturated heterocycles. The maximum absolute atomic E-state index is 6.24. The Hall–Kier alpha value is -7.62. The number of aromatic nitrogens is 1. The van der Waals surface area contributed by atoms with Crippen LogP contribution in [0.1, 0.15) is 25.0 Å². The van der Waals surface area contributed by atoms with Gasteiger partial charge in [0.25, 0.3) is 0 Å². The molecular weight excluding hydrogens is 729 g/mol. The third kappa shape index (κ3) is 5.29. The van der Waals surface area contributed by atoms with Gasteiger partial charge in [-0.25, -0.2) is 0 Å². The van der Waals surface area contributed by atoms with Crippen LogP contribution in [0.25, 0.3) is 82.8 Å². The highest BCUT2D eigenvalue weighted by Gasteiger charge is 2.36. The van der Waals surface area contributed by atoms with Crippen LogP contribution in [0.15, 0.2) is 211 Å². The van der Waals surface area contributed by atoms with Crippen LogP contribution in [0, 0.1) is 0 Å². The van der Waals surface area contributed by atoms with Gasteiger partial charge in [-0.05, 0) is 129 Å². The van der Waals surface area contributed by atoms with Gasteiger partial charge < -0.3 is 13.9 Å². The van der Waals surface area contributed by atoms with Gasteiger partial charge in [0.15, 0.2) is 0 Å². The Morgan fingerprint density at radius 3 is 1.73 bits per heavy atom. The van der Waals surface area contributed by atoms with Crippen molar-refractivity contribution >= 4 is 60.8 Å². The number of rotatable bonds is 6. The summed E-state index contributed by atoms with van der Waals surface area (Å²) in [6.45, 7) is 4.72. The second-order valence-electron chi connectivity index (χ2n) is 16.6. The minimum atomic E-state index is -0.0825. The number of para-hydroxylation sites is 2. The first-order valence-corrected chi connectivity index (χ1v) is 20.7. The monoisotopic (exact) mass is 768 g/mol. The average Bonchev–Trinajstić information content (AvgIpc) is 3.91. The van der Waals surface area contributed by atoms with E-state index in [2.05, 4.69) is 217 Å². The van der Waals surface area contributed by atoms with Gasteiger partial charge in [-0.15, -0.1) is 0 Å². The summed E-state index contributed by atoms with van der Waals surface area (Å²) in [4.78, 5) is 2.34. The lowest BCUT2D eigenvalue weighted by atomic mass is 9.82. The van der Waals surface area contributed by atoms with Crippen LogP contribution in [0.3, 0.4) is 0 Å². The molecule has 0 fully saturated rings. The smallest absolute Gasteiger partial charge is 0.135 e. The van der Waals surface area contributed by atoms with E-state index in [4.69, 9.17) is 4.42 Å². The van der Waals surface area contributed by atoms with E-state index in [9.17, 15) is 0 Å². The van der Waals surface area contributed by atoms with Crippen molar-refractivity contribution in [2.24, 2.45) is 0 Å². The lowest BCUT2D eigenvalue weighted by molar-refractivity contribution is 0.661. The molecule has 1 aliphatic rings. The Bertz CT molecular complexity index is 3430. The van der Waals surface area contributed by atoms with Gasteiger partial charge in [0.05, 0.1) is 11.0 Å². The van der Waals surface area contributed by atoms with Crippen LogP contribution in [0.4, 0.5) is 17.1 Å². The molecule has 284 valence electrons. The van der Waals surface area contributed by atoms with Crippen LogP contribution in [0.5, 0.6) is 0 Å². The molecule has 1 aliphatic carbocycles. The fraction of sp³-hybridized carbons (Fsp3) is 0.0526. The third-order valence-electron chi connectivity index (χ3n) is 12.8. The first-order chi connectivity index (χ1) is 29.5. The molecule has 0 aliphatic heterocycles. The predicted molar refractivity (Wildman–Crippen MR) is 251 cm³/mol. The largest absolute Gasteiger partial charge is 0.456 e. The van der Waals surface area contributed by atoms with Crippen molar-refractivity contribution in [3.8, 4) is 39.1 Å². The Morgan fingerprint density at radius 1 is 0.383 bits per heavy atom. The summed E-state index contributed by atoms with van der Waals surface area (Å²) in [5.41, 5.74) is 18.7. The van der Waals surface area contributed by atoms with Crippen molar-refractivity contribution in [3.63, 3.8) is 0 Å². The number of anilines is 3. The molecule has 0 amide bonds. The Morgan fingerprint density at radius 2 is 0.967 bits per heavy atom. The number of benzene rings is 9. The molecule has 0 atom stereocenters. The Kier molecular flexibility index (Phi) is 7.58. The summed E-state index contributed by atoms with van der Waals surface area (Å²) < 4.78 is 8.68. The van der Waals surface area contributed by atoms with E-state index in [1.54, 1.807) is 0 Å². The molecule has 12 rings (SSSR count). The van der Waals surface area contributed by atoms with Crippen molar-refractivity contribution < 1.29 is 4.42 Å². The van der Waals surface area contributed by atoms with Crippen molar-refractivity contribution in [1.82, 2.24) is 4.57 Å². The zero-order chi connectivity index (χ0) is 40.0. The summed E-state index contributed by atoms with van der Waals surface area (Å²) in [6.07, 6.45) is 0. The van der Waals surface area contributed by atoms with Crippen LogP contribution in [-0.4, -0.2) is 4.57 Å². The average molecular weight is 769 g/mol. The predicted octanol–water partition coefficient (Wildman–Crippen LogP) is 15.8. The lowest BCUT2D eigenvalue weighted by Crippen LogP contribution is -2.14. The molecule has 2 aromatic heterocycles. The fourth-order valence-electron chi connectivity index (χ4n) is 9.79. The van der Waals surface area contributed by atoms with Gasteiger partial charge in [-0.2, -0.15) is 0 Å². The Labute approximate surface area is 349 Å². The highest BCUT2D eigenvalue weighted by molar-refractivity contribution is 6.13.